The number of nitrogens with one attached hydrogen (secondary N) is 1. The molecular formula is C14H15FN4O2. The number of halogens is 1. The van der Waals surface area contributed by atoms with Gasteiger partial charge in [0.25, 0.3) is 0 Å². The molecule has 1 unspecified atom stereocenters. The standard InChI is InChI=1S/C14H15FN4O2/c1-9(8-10-2-4-11(15)5-3-10)17-13-7-6-12(19(20)21)14(16)18-13/h2-7,9H,8H2,1H3,(H3,16,17,18). The van der Waals surface area contributed by atoms with Gasteiger partial charge in [0.2, 0.25) is 5.82 Å². The number of rotatable bonds is 5. The Balaban J connectivity index is 2.02. The predicted octanol–water partition coefficient (Wildman–Crippen LogP) is 2.75. The van der Waals surface area contributed by atoms with E-state index in [4.69, 9.17) is 5.73 Å². The summed E-state index contributed by atoms with van der Waals surface area (Å²) >= 11 is 0. The Labute approximate surface area is 121 Å². The molecule has 1 aromatic carbocycles. The van der Waals surface area contributed by atoms with E-state index in [2.05, 4.69) is 10.3 Å². The van der Waals surface area contributed by atoms with Crippen molar-refractivity contribution in [3.8, 4) is 0 Å². The maximum absolute atomic E-state index is 12.8. The lowest BCUT2D eigenvalue weighted by Crippen LogP contribution is -2.19. The molecule has 0 aliphatic carbocycles. The van der Waals surface area contributed by atoms with Crippen molar-refractivity contribution in [1.29, 1.82) is 0 Å². The molecule has 0 saturated heterocycles. The number of aromatic nitrogens is 1. The first-order valence-electron chi connectivity index (χ1n) is 6.37. The zero-order chi connectivity index (χ0) is 15.4. The normalized spacial score (nSPS) is 11.9. The second-order valence-electron chi connectivity index (χ2n) is 4.73. The number of benzene rings is 1. The molecule has 0 bridgehead atoms. The molecule has 1 atom stereocenters. The summed E-state index contributed by atoms with van der Waals surface area (Å²) in [6.07, 6.45) is 0.666. The van der Waals surface area contributed by atoms with Gasteiger partial charge < -0.3 is 11.1 Å². The van der Waals surface area contributed by atoms with Gasteiger partial charge in [0, 0.05) is 12.1 Å². The van der Waals surface area contributed by atoms with Crippen molar-refractivity contribution in [2.45, 2.75) is 19.4 Å². The zero-order valence-corrected chi connectivity index (χ0v) is 11.4. The first-order valence-corrected chi connectivity index (χ1v) is 6.37. The molecule has 1 heterocycles. The van der Waals surface area contributed by atoms with E-state index in [-0.39, 0.29) is 23.4 Å². The highest BCUT2D eigenvalue weighted by molar-refractivity contribution is 5.57. The summed E-state index contributed by atoms with van der Waals surface area (Å²) in [5.74, 6) is 0.0656. The van der Waals surface area contributed by atoms with Crippen LogP contribution in [-0.2, 0) is 6.42 Å². The average Bonchev–Trinajstić information content (AvgIpc) is 2.41. The van der Waals surface area contributed by atoms with Crippen molar-refractivity contribution in [3.05, 3.63) is 57.9 Å². The third kappa shape index (κ3) is 3.88. The average molecular weight is 290 g/mol. The maximum Gasteiger partial charge on any atom is 0.311 e. The van der Waals surface area contributed by atoms with Crippen LogP contribution in [0.3, 0.4) is 0 Å². The number of nitro groups is 1. The number of nitrogens with zero attached hydrogens (tertiary/aromatic N) is 2. The van der Waals surface area contributed by atoms with Crippen LogP contribution in [0.15, 0.2) is 36.4 Å². The van der Waals surface area contributed by atoms with Crippen molar-refractivity contribution < 1.29 is 9.31 Å². The molecule has 6 nitrogen and oxygen atoms in total. The topological polar surface area (TPSA) is 94.1 Å². The van der Waals surface area contributed by atoms with Crippen molar-refractivity contribution >= 4 is 17.3 Å². The number of nitrogen functional groups attached to an aromatic ring is 1. The van der Waals surface area contributed by atoms with Gasteiger partial charge in [-0.25, -0.2) is 9.37 Å². The van der Waals surface area contributed by atoms with Gasteiger partial charge in [-0.05, 0) is 37.1 Å². The third-order valence-electron chi connectivity index (χ3n) is 2.95. The fraction of sp³-hybridized carbons (Fsp3) is 0.214. The summed E-state index contributed by atoms with van der Waals surface area (Å²) in [6.45, 7) is 1.93. The van der Waals surface area contributed by atoms with E-state index < -0.39 is 4.92 Å². The summed E-state index contributed by atoms with van der Waals surface area (Å²) in [5.41, 5.74) is 6.29. The molecule has 0 aliphatic rings. The van der Waals surface area contributed by atoms with E-state index in [9.17, 15) is 14.5 Å². The van der Waals surface area contributed by atoms with Crippen LogP contribution in [0, 0.1) is 15.9 Å². The Kier molecular flexibility index (Phi) is 4.32. The van der Waals surface area contributed by atoms with Gasteiger partial charge in [-0.1, -0.05) is 12.1 Å². The molecule has 0 amide bonds. The van der Waals surface area contributed by atoms with E-state index in [0.717, 1.165) is 5.56 Å². The highest BCUT2D eigenvalue weighted by Crippen LogP contribution is 2.21. The third-order valence-corrected chi connectivity index (χ3v) is 2.95. The van der Waals surface area contributed by atoms with Crippen LogP contribution in [-0.4, -0.2) is 15.9 Å². The van der Waals surface area contributed by atoms with Crippen LogP contribution >= 0.6 is 0 Å². The van der Waals surface area contributed by atoms with Gasteiger partial charge in [-0.3, -0.25) is 10.1 Å². The number of hydrogen-bond donors (Lipinski definition) is 2. The fourth-order valence-corrected chi connectivity index (χ4v) is 1.98. The van der Waals surface area contributed by atoms with Crippen LogP contribution < -0.4 is 11.1 Å². The monoisotopic (exact) mass is 290 g/mol. The lowest BCUT2D eigenvalue weighted by molar-refractivity contribution is -0.384. The molecule has 21 heavy (non-hydrogen) atoms. The van der Waals surface area contributed by atoms with Crippen LogP contribution in [0.25, 0.3) is 0 Å². The van der Waals surface area contributed by atoms with Gasteiger partial charge in [0.05, 0.1) is 4.92 Å². The first kappa shape index (κ1) is 14.7. The van der Waals surface area contributed by atoms with E-state index >= 15 is 0 Å². The summed E-state index contributed by atoms with van der Waals surface area (Å²) in [4.78, 5) is 14.0. The van der Waals surface area contributed by atoms with Crippen LogP contribution in [0.1, 0.15) is 12.5 Å². The molecule has 2 aromatic rings. The lowest BCUT2D eigenvalue weighted by atomic mass is 10.1. The first-order chi connectivity index (χ1) is 9.95. The second kappa shape index (κ2) is 6.17. The molecule has 110 valence electrons. The number of anilines is 2. The zero-order valence-electron chi connectivity index (χ0n) is 11.4. The van der Waals surface area contributed by atoms with Gasteiger partial charge in [0.15, 0.2) is 0 Å². The summed E-state index contributed by atoms with van der Waals surface area (Å²) in [5, 5.41) is 13.8. The van der Waals surface area contributed by atoms with E-state index in [1.807, 2.05) is 6.92 Å². The Morgan fingerprint density at radius 3 is 2.57 bits per heavy atom. The molecule has 0 fully saturated rings. The van der Waals surface area contributed by atoms with Crippen LogP contribution in [0.2, 0.25) is 0 Å². The van der Waals surface area contributed by atoms with Gasteiger partial charge in [-0.2, -0.15) is 0 Å². The number of nitrogens with two attached hydrogens (primary N) is 1. The summed E-state index contributed by atoms with van der Waals surface area (Å²) in [6, 6.07) is 9.08. The summed E-state index contributed by atoms with van der Waals surface area (Å²) < 4.78 is 12.8. The smallest absolute Gasteiger partial charge is 0.311 e. The predicted molar refractivity (Wildman–Crippen MR) is 78.5 cm³/mol. The maximum atomic E-state index is 12.8. The summed E-state index contributed by atoms with van der Waals surface area (Å²) in [7, 11) is 0. The molecule has 0 spiro atoms. The van der Waals surface area contributed by atoms with Crippen molar-refractivity contribution in [3.63, 3.8) is 0 Å². The van der Waals surface area contributed by atoms with E-state index in [0.29, 0.717) is 12.2 Å². The molecule has 1 aromatic heterocycles. The molecule has 0 aliphatic heterocycles. The Morgan fingerprint density at radius 1 is 1.33 bits per heavy atom. The Bertz CT molecular complexity index is 646. The second-order valence-corrected chi connectivity index (χ2v) is 4.73. The molecule has 3 N–H and O–H groups in total. The highest BCUT2D eigenvalue weighted by atomic mass is 19.1. The van der Waals surface area contributed by atoms with E-state index in [1.165, 1.54) is 24.3 Å². The minimum absolute atomic E-state index is 0.0174. The SMILES string of the molecule is CC(Cc1ccc(F)cc1)Nc1ccc([N+](=O)[O-])c(N)n1. The molecule has 0 saturated carbocycles. The number of hydrogen-bond acceptors (Lipinski definition) is 5. The fourth-order valence-electron chi connectivity index (χ4n) is 1.98. The minimum Gasteiger partial charge on any atom is -0.378 e. The molecule has 0 radical (unpaired) electrons. The van der Waals surface area contributed by atoms with Gasteiger partial charge in [0.1, 0.15) is 11.6 Å². The van der Waals surface area contributed by atoms with Gasteiger partial charge >= 0.3 is 5.69 Å². The molecular weight excluding hydrogens is 275 g/mol. The van der Waals surface area contributed by atoms with Crippen molar-refractivity contribution in [1.82, 2.24) is 4.98 Å². The quantitative estimate of drug-likeness (QED) is 0.652. The Morgan fingerprint density at radius 2 is 2.00 bits per heavy atom. The highest BCUT2D eigenvalue weighted by Gasteiger charge is 2.13. The van der Waals surface area contributed by atoms with E-state index in [1.54, 1.807) is 12.1 Å². The van der Waals surface area contributed by atoms with Gasteiger partial charge in [-0.15, -0.1) is 0 Å². The van der Waals surface area contributed by atoms with Crippen LogP contribution in [0.4, 0.5) is 21.7 Å². The molecule has 2 rings (SSSR count). The Hall–Kier alpha value is -2.70. The number of pyridine rings is 1. The minimum atomic E-state index is -0.575. The van der Waals surface area contributed by atoms with Crippen molar-refractivity contribution in [2.24, 2.45) is 0 Å². The van der Waals surface area contributed by atoms with Crippen LogP contribution in [0.5, 0.6) is 0 Å². The largest absolute Gasteiger partial charge is 0.378 e. The molecule has 7 heteroatoms. The van der Waals surface area contributed by atoms with Crippen molar-refractivity contribution in [2.75, 3.05) is 11.1 Å². The lowest BCUT2D eigenvalue weighted by Gasteiger charge is -2.14.